The van der Waals surface area contributed by atoms with Crippen molar-refractivity contribution in [2.45, 2.75) is 0 Å². The van der Waals surface area contributed by atoms with Crippen molar-refractivity contribution >= 4 is 34.0 Å². The van der Waals surface area contributed by atoms with Crippen LogP contribution in [-0.4, -0.2) is 18.0 Å². The van der Waals surface area contributed by atoms with Crippen LogP contribution in [0.25, 0.3) is 10.8 Å². The number of anilines is 1. The van der Waals surface area contributed by atoms with Crippen molar-refractivity contribution in [3.8, 4) is 5.75 Å². The van der Waals surface area contributed by atoms with Gasteiger partial charge in [-0.1, -0.05) is 29.8 Å². The first kappa shape index (κ1) is 14.4. The highest BCUT2D eigenvalue weighted by Gasteiger charge is 2.13. The Labute approximate surface area is 132 Å². The molecule has 0 atom stereocenters. The molecule has 22 heavy (non-hydrogen) atoms. The van der Waals surface area contributed by atoms with Crippen molar-refractivity contribution in [2.75, 3.05) is 12.4 Å². The Morgan fingerprint density at radius 1 is 1.18 bits per heavy atom. The number of methoxy groups -OCH3 is 1. The fourth-order valence-electron chi connectivity index (χ4n) is 2.27. The second-order valence-electron chi connectivity index (χ2n) is 4.71. The Morgan fingerprint density at radius 2 is 2.00 bits per heavy atom. The largest absolute Gasteiger partial charge is 0.495 e. The summed E-state index contributed by atoms with van der Waals surface area (Å²) in [6, 6.07) is 12.6. The normalized spacial score (nSPS) is 10.5. The molecule has 0 aliphatic rings. The highest BCUT2D eigenvalue weighted by Crippen LogP contribution is 2.26. The molecule has 0 aliphatic carbocycles. The van der Waals surface area contributed by atoms with E-state index >= 15 is 0 Å². The molecule has 0 unspecified atom stereocenters. The number of nitrogens with zero attached hydrogens (tertiary/aromatic N) is 1. The van der Waals surface area contributed by atoms with Crippen molar-refractivity contribution in [3.63, 3.8) is 0 Å². The number of aromatic nitrogens is 1. The van der Waals surface area contributed by atoms with E-state index in [9.17, 15) is 4.79 Å². The second kappa shape index (κ2) is 6.03. The number of carbonyl (C=O) groups excluding carboxylic acids is 1. The van der Waals surface area contributed by atoms with Crippen LogP contribution in [0.15, 0.2) is 54.9 Å². The molecule has 5 heteroatoms. The predicted octanol–water partition coefficient (Wildman–Crippen LogP) is 4.15. The molecule has 4 nitrogen and oxygen atoms in total. The third-order valence-electron chi connectivity index (χ3n) is 3.32. The lowest BCUT2D eigenvalue weighted by Gasteiger charge is -2.11. The maximum Gasteiger partial charge on any atom is 0.257 e. The van der Waals surface area contributed by atoms with Gasteiger partial charge in [0, 0.05) is 22.8 Å². The number of rotatable bonds is 3. The molecule has 1 amide bonds. The summed E-state index contributed by atoms with van der Waals surface area (Å²) in [6.07, 6.45) is 3.22. The Bertz CT molecular complexity index is 849. The van der Waals surface area contributed by atoms with E-state index in [1.165, 1.54) is 0 Å². The number of hydrogen-bond acceptors (Lipinski definition) is 3. The minimum absolute atomic E-state index is 0.245. The SMILES string of the molecule is COc1ccccc1NC(=O)c1cncc2cc(Cl)ccc12. The Hall–Kier alpha value is -2.59. The first-order valence-electron chi connectivity index (χ1n) is 6.66. The monoisotopic (exact) mass is 312 g/mol. The molecule has 3 aromatic rings. The van der Waals surface area contributed by atoms with Gasteiger partial charge >= 0.3 is 0 Å². The quantitative estimate of drug-likeness (QED) is 0.790. The minimum Gasteiger partial charge on any atom is -0.495 e. The van der Waals surface area contributed by atoms with Gasteiger partial charge in [-0.05, 0) is 29.7 Å². The molecule has 0 saturated carbocycles. The minimum atomic E-state index is -0.245. The van der Waals surface area contributed by atoms with Crippen LogP contribution in [0.2, 0.25) is 5.02 Å². The third kappa shape index (κ3) is 2.73. The van der Waals surface area contributed by atoms with E-state index in [0.29, 0.717) is 22.0 Å². The van der Waals surface area contributed by atoms with E-state index in [1.54, 1.807) is 43.8 Å². The Morgan fingerprint density at radius 3 is 2.82 bits per heavy atom. The summed E-state index contributed by atoms with van der Waals surface area (Å²) in [6.45, 7) is 0. The van der Waals surface area contributed by atoms with Gasteiger partial charge in [0.05, 0.1) is 18.4 Å². The fraction of sp³-hybridized carbons (Fsp3) is 0.0588. The van der Waals surface area contributed by atoms with E-state index in [1.807, 2.05) is 18.2 Å². The summed E-state index contributed by atoms with van der Waals surface area (Å²) in [5, 5.41) is 5.07. The van der Waals surface area contributed by atoms with Gasteiger partial charge in [0.2, 0.25) is 0 Å². The molecule has 3 rings (SSSR count). The van der Waals surface area contributed by atoms with Crippen LogP contribution in [0.3, 0.4) is 0 Å². The van der Waals surface area contributed by atoms with E-state index in [0.717, 1.165) is 10.8 Å². The van der Waals surface area contributed by atoms with Crippen molar-refractivity contribution in [2.24, 2.45) is 0 Å². The number of ether oxygens (including phenoxy) is 1. The zero-order chi connectivity index (χ0) is 15.5. The summed E-state index contributed by atoms with van der Waals surface area (Å²) in [5.41, 5.74) is 1.10. The molecule has 110 valence electrons. The molecule has 0 saturated heterocycles. The Kier molecular flexibility index (Phi) is 3.94. The molecular formula is C17H13ClN2O2. The molecule has 1 heterocycles. The zero-order valence-corrected chi connectivity index (χ0v) is 12.6. The molecule has 1 N–H and O–H groups in total. The smallest absolute Gasteiger partial charge is 0.257 e. The van der Waals surface area contributed by atoms with Gasteiger partial charge in [0.25, 0.3) is 5.91 Å². The molecule has 2 aromatic carbocycles. The average molecular weight is 313 g/mol. The number of benzene rings is 2. The summed E-state index contributed by atoms with van der Waals surface area (Å²) >= 11 is 5.98. The van der Waals surface area contributed by atoms with Gasteiger partial charge in [-0.3, -0.25) is 9.78 Å². The van der Waals surface area contributed by atoms with Crippen LogP contribution in [0, 0.1) is 0 Å². The Balaban J connectivity index is 1.99. The second-order valence-corrected chi connectivity index (χ2v) is 5.14. The van der Waals surface area contributed by atoms with E-state index in [2.05, 4.69) is 10.3 Å². The summed E-state index contributed by atoms with van der Waals surface area (Å²) < 4.78 is 5.24. The van der Waals surface area contributed by atoms with Crippen LogP contribution >= 0.6 is 11.6 Å². The zero-order valence-electron chi connectivity index (χ0n) is 11.8. The first-order chi connectivity index (χ1) is 10.7. The number of hydrogen-bond donors (Lipinski definition) is 1. The van der Waals surface area contributed by atoms with Crippen LogP contribution < -0.4 is 10.1 Å². The van der Waals surface area contributed by atoms with E-state index < -0.39 is 0 Å². The number of amides is 1. The lowest BCUT2D eigenvalue weighted by atomic mass is 10.1. The molecule has 0 bridgehead atoms. The van der Waals surface area contributed by atoms with Gasteiger partial charge in [-0.15, -0.1) is 0 Å². The average Bonchev–Trinajstić information content (AvgIpc) is 2.54. The lowest BCUT2D eigenvalue weighted by molar-refractivity contribution is 0.102. The number of fused-ring (bicyclic) bond motifs is 1. The molecule has 0 fully saturated rings. The molecular weight excluding hydrogens is 300 g/mol. The molecule has 0 spiro atoms. The molecule has 0 radical (unpaired) electrons. The van der Waals surface area contributed by atoms with Crippen molar-refractivity contribution in [3.05, 3.63) is 65.4 Å². The van der Waals surface area contributed by atoms with Gasteiger partial charge in [-0.2, -0.15) is 0 Å². The number of para-hydroxylation sites is 2. The van der Waals surface area contributed by atoms with Gasteiger partial charge in [0.15, 0.2) is 0 Å². The number of carbonyl (C=O) groups is 1. The molecule has 0 aliphatic heterocycles. The highest BCUT2D eigenvalue weighted by molar-refractivity contribution is 6.31. The van der Waals surface area contributed by atoms with Gasteiger partial charge < -0.3 is 10.1 Å². The number of pyridine rings is 1. The van der Waals surface area contributed by atoms with E-state index in [4.69, 9.17) is 16.3 Å². The van der Waals surface area contributed by atoms with Crippen LogP contribution in [0.4, 0.5) is 5.69 Å². The van der Waals surface area contributed by atoms with Crippen molar-refractivity contribution < 1.29 is 9.53 Å². The predicted molar refractivity (Wildman–Crippen MR) is 87.7 cm³/mol. The lowest BCUT2D eigenvalue weighted by Crippen LogP contribution is -2.13. The maximum atomic E-state index is 12.5. The highest BCUT2D eigenvalue weighted by atomic mass is 35.5. The van der Waals surface area contributed by atoms with Crippen molar-refractivity contribution in [1.82, 2.24) is 4.98 Å². The van der Waals surface area contributed by atoms with Crippen LogP contribution in [0.5, 0.6) is 5.75 Å². The summed E-state index contributed by atoms with van der Waals surface area (Å²) in [7, 11) is 1.56. The summed E-state index contributed by atoms with van der Waals surface area (Å²) in [4.78, 5) is 16.6. The first-order valence-corrected chi connectivity index (χ1v) is 7.04. The summed E-state index contributed by atoms with van der Waals surface area (Å²) in [5.74, 6) is 0.358. The third-order valence-corrected chi connectivity index (χ3v) is 3.56. The van der Waals surface area contributed by atoms with E-state index in [-0.39, 0.29) is 5.91 Å². The molecule has 1 aromatic heterocycles. The van der Waals surface area contributed by atoms with Crippen LogP contribution in [-0.2, 0) is 0 Å². The maximum absolute atomic E-state index is 12.5. The fourth-order valence-corrected chi connectivity index (χ4v) is 2.45. The van der Waals surface area contributed by atoms with Gasteiger partial charge in [0.1, 0.15) is 5.75 Å². The van der Waals surface area contributed by atoms with Crippen molar-refractivity contribution in [1.29, 1.82) is 0 Å². The van der Waals surface area contributed by atoms with Crippen LogP contribution in [0.1, 0.15) is 10.4 Å². The number of halogens is 1. The number of nitrogens with one attached hydrogen (secondary N) is 1. The van der Waals surface area contributed by atoms with Gasteiger partial charge in [-0.25, -0.2) is 0 Å². The standard InChI is InChI=1S/C17H13ClN2O2/c1-22-16-5-3-2-4-15(16)20-17(21)14-10-19-9-11-8-12(18)6-7-13(11)14/h2-10H,1H3,(H,20,21). The topological polar surface area (TPSA) is 51.2 Å².